The zero-order valence-corrected chi connectivity index (χ0v) is 14.7. The Hall–Kier alpha value is -3.17. The lowest BCUT2D eigenvalue weighted by molar-refractivity contribution is 0.309. The molecule has 8 nitrogen and oxygen atoms in total. The smallest absolute Gasteiger partial charge is 0.296 e. The van der Waals surface area contributed by atoms with Gasteiger partial charge in [-0.25, -0.2) is 0 Å². The lowest BCUT2D eigenvalue weighted by Crippen LogP contribution is -2.03. The molecule has 0 radical (unpaired) electrons. The van der Waals surface area contributed by atoms with E-state index in [1.165, 1.54) is 19.2 Å². The monoisotopic (exact) mass is 375 g/mol. The van der Waals surface area contributed by atoms with E-state index in [1.54, 1.807) is 18.2 Å². The number of anilines is 1. The zero-order chi connectivity index (χ0) is 19.5. The molecule has 0 unspecified atom stereocenters. The molecule has 0 aromatic heterocycles. The Labute approximate surface area is 150 Å². The fraction of sp³-hybridized carbons (Fsp3) is 0.0588. The van der Waals surface area contributed by atoms with Crippen LogP contribution in [-0.4, -0.2) is 25.2 Å². The molecule has 0 saturated heterocycles. The molecule has 2 rings (SSSR count). The minimum Gasteiger partial charge on any atom is -0.505 e. The van der Waals surface area contributed by atoms with Crippen LogP contribution in [0.25, 0.3) is 10.8 Å². The lowest BCUT2D eigenvalue weighted by atomic mass is 10.1. The number of aromatic hydroxyl groups is 1. The summed E-state index contributed by atoms with van der Waals surface area (Å²) in [5.41, 5.74) is 5.86. The fourth-order valence-corrected chi connectivity index (χ4v) is 2.70. The van der Waals surface area contributed by atoms with Crippen LogP contribution in [0.15, 0.2) is 76.2 Å². The Kier molecular flexibility index (Phi) is 5.44. The molecule has 2 aromatic carbocycles. The maximum absolute atomic E-state index is 11.4. The van der Waals surface area contributed by atoms with Crippen molar-refractivity contribution in [2.75, 3.05) is 12.8 Å². The van der Waals surface area contributed by atoms with E-state index in [9.17, 15) is 18.1 Å². The van der Waals surface area contributed by atoms with Crippen molar-refractivity contribution < 1.29 is 22.8 Å². The number of methoxy groups -OCH3 is 1. The topological polar surface area (TPSA) is 135 Å². The number of benzene rings is 2. The van der Waals surface area contributed by atoms with Gasteiger partial charge in [0.05, 0.1) is 24.2 Å². The van der Waals surface area contributed by atoms with Crippen molar-refractivity contribution in [3.05, 3.63) is 61.0 Å². The second-order valence-corrected chi connectivity index (χ2v) is 6.60. The van der Waals surface area contributed by atoms with Gasteiger partial charge in [-0.15, -0.1) is 0 Å². The maximum Gasteiger partial charge on any atom is 0.296 e. The van der Waals surface area contributed by atoms with E-state index >= 15 is 0 Å². The molecule has 0 saturated carbocycles. The summed E-state index contributed by atoms with van der Waals surface area (Å²) in [4.78, 5) is -0.581. The average Bonchev–Trinajstić information content (AvgIpc) is 2.59. The third-order valence-corrected chi connectivity index (χ3v) is 4.29. The summed E-state index contributed by atoms with van der Waals surface area (Å²) in [6.07, 6.45) is 3.13. The van der Waals surface area contributed by atoms with E-state index in [4.69, 9.17) is 10.5 Å². The summed E-state index contributed by atoms with van der Waals surface area (Å²) in [5, 5.41) is 18.6. The predicted molar refractivity (Wildman–Crippen MR) is 98.8 cm³/mol. The van der Waals surface area contributed by atoms with Crippen LogP contribution in [0.1, 0.15) is 0 Å². The second-order valence-electron chi connectivity index (χ2n) is 5.21. The molecule has 0 bridgehead atoms. The highest BCUT2D eigenvalue weighted by molar-refractivity contribution is 7.86. The Balaban J connectivity index is 2.41. The molecule has 2 aromatic rings. The molecule has 136 valence electrons. The zero-order valence-electron chi connectivity index (χ0n) is 13.9. The third-order valence-electron chi connectivity index (χ3n) is 3.39. The number of nitrogens with two attached hydrogens (primary N) is 1. The van der Waals surface area contributed by atoms with E-state index in [1.807, 2.05) is 0 Å². The summed E-state index contributed by atoms with van der Waals surface area (Å²) in [7, 11) is -3.11. The highest BCUT2D eigenvalue weighted by Crippen LogP contribution is 2.37. The van der Waals surface area contributed by atoms with Gasteiger partial charge in [0.15, 0.2) is 0 Å². The molecular weight excluding hydrogens is 358 g/mol. The molecule has 0 aliphatic carbocycles. The number of phenolic OH excluding ortho intramolecular Hbond substituents is 1. The number of ether oxygens (including phenoxy) is 1. The van der Waals surface area contributed by atoms with Crippen LogP contribution in [0.3, 0.4) is 0 Å². The summed E-state index contributed by atoms with van der Waals surface area (Å²) in [5.74, 6) is -0.0121. The van der Waals surface area contributed by atoms with E-state index < -0.39 is 26.5 Å². The van der Waals surface area contributed by atoms with Gasteiger partial charge in [-0.1, -0.05) is 13.2 Å². The van der Waals surface area contributed by atoms with Gasteiger partial charge in [0.1, 0.15) is 16.4 Å². The van der Waals surface area contributed by atoms with Crippen molar-refractivity contribution in [3.8, 4) is 5.75 Å². The number of allylic oxidation sites excluding steroid dienone is 2. The van der Waals surface area contributed by atoms with Gasteiger partial charge >= 0.3 is 0 Å². The number of azo groups is 1. The summed E-state index contributed by atoms with van der Waals surface area (Å²) in [6.45, 7) is 7.31. The largest absolute Gasteiger partial charge is 0.505 e. The normalized spacial score (nSPS) is 12.1. The van der Waals surface area contributed by atoms with Crippen molar-refractivity contribution >= 4 is 32.3 Å². The Morgan fingerprint density at radius 2 is 1.96 bits per heavy atom. The second kappa shape index (κ2) is 7.38. The Morgan fingerprint density at radius 3 is 2.58 bits per heavy atom. The molecule has 0 aliphatic heterocycles. The average molecular weight is 375 g/mol. The molecule has 26 heavy (non-hydrogen) atoms. The van der Waals surface area contributed by atoms with Crippen LogP contribution in [0.4, 0.5) is 11.4 Å². The lowest BCUT2D eigenvalue weighted by Gasteiger charge is -2.09. The standard InChI is InChI=1S/C17H17N3O5S/c1-10(4-5-11(2)25-3)19-20-13-6-7-14-12(8-13)9-15(26(22,23)24)16(18)17(14)21/h4-9,21H,1-2,18H2,3H3,(H,22,23,24)/b5-4-,20-19?. The maximum atomic E-state index is 11.4. The number of hydrogen-bond acceptors (Lipinski definition) is 7. The number of hydrogen-bond donors (Lipinski definition) is 3. The molecule has 9 heteroatoms. The summed E-state index contributed by atoms with van der Waals surface area (Å²) in [6, 6.07) is 5.70. The molecule has 0 aliphatic rings. The van der Waals surface area contributed by atoms with Crippen molar-refractivity contribution in [1.82, 2.24) is 0 Å². The fourth-order valence-electron chi connectivity index (χ4n) is 2.05. The highest BCUT2D eigenvalue weighted by Gasteiger charge is 2.19. The molecule has 0 spiro atoms. The van der Waals surface area contributed by atoms with E-state index in [0.29, 0.717) is 27.9 Å². The van der Waals surface area contributed by atoms with E-state index in [2.05, 4.69) is 23.4 Å². The van der Waals surface area contributed by atoms with Gasteiger partial charge in [0.2, 0.25) is 0 Å². The minimum atomic E-state index is -4.59. The van der Waals surface area contributed by atoms with Crippen LogP contribution < -0.4 is 5.73 Å². The third kappa shape index (κ3) is 4.26. The van der Waals surface area contributed by atoms with Gasteiger partial charge < -0.3 is 15.6 Å². The quantitative estimate of drug-likeness (QED) is 0.176. The molecule has 0 amide bonds. The van der Waals surface area contributed by atoms with Crippen LogP contribution in [-0.2, 0) is 14.9 Å². The first-order valence-electron chi connectivity index (χ1n) is 7.18. The summed E-state index contributed by atoms with van der Waals surface area (Å²) >= 11 is 0. The van der Waals surface area contributed by atoms with E-state index in [-0.39, 0.29) is 0 Å². The first-order valence-corrected chi connectivity index (χ1v) is 8.62. The number of nitrogens with zero attached hydrogens (tertiary/aromatic N) is 2. The number of fused-ring (bicyclic) bond motifs is 1. The highest BCUT2D eigenvalue weighted by atomic mass is 32.2. The van der Waals surface area contributed by atoms with Crippen molar-refractivity contribution in [2.45, 2.75) is 4.90 Å². The molecule has 0 fully saturated rings. The van der Waals surface area contributed by atoms with Crippen LogP contribution in [0.2, 0.25) is 0 Å². The van der Waals surface area contributed by atoms with E-state index in [0.717, 1.165) is 6.07 Å². The number of nitrogen functional groups attached to an aromatic ring is 1. The van der Waals surface area contributed by atoms with Gasteiger partial charge in [-0.05, 0) is 41.8 Å². The SMILES string of the molecule is C=C(/C=C\C(=C)OC)N=Nc1ccc2c(O)c(N)c(S(=O)(=O)O)cc2c1. The Morgan fingerprint density at radius 1 is 1.27 bits per heavy atom. The number of rotatable bonds is 6. The molecule has 0 heterocycles. The van der Waals surface area contributed by atoms with Gasteiger partial charge in [-0.2, -0.15) is 18.6 Å². The molecule has 0 atom stereocenters. The number of phenols is 1. The van der Waals surface area contributed by atoms with Crippen LogP contribution in [0, 0.1) is 0 Å². The Bertz CT molecular complexity index is 1060. The van der Waals surface area contributed by atoms with Gasteiger partial charge in [-0.3, -0.25) is 4.55 Å². The predicted octanol–water partition coefficient (Wildman–Crippen LogP) is 3.69. The molecular formula is C17H17N3O5S. The van der Waals surface area contributed by atoms with Crippen LogP contribution in [0.5, 0.6) is 5.75 Å². The molecule has 4 N–H and O–H groups in total. The van der Waals surface area contributed by atoms with Crippen molar-refractivity contribution in [1.29, 1.82) is 0 Å². The summed E-state index contributed by atoms with van der Waals surface area (Å²) < 4.78 is 36.9. The van der Waals surface area contributed by atoms with Crippen molar-refractivity contribution in [2.24, 2.45) is 10.2 Å². The van der Waals surface area contributed by atoms with Gasteiger partial charge in [0, 0.05) is 5.39 Å². The minimum absolute atomic E-state index is 0.309. The first-order chi connectivity index (χ1) is 12.1. The van der Waals surface area contributed by atoms with Gasteiger partial charge in [0.25, 0.3) is 10.1 Å². The van der Waals surface area contributed by atoms with Crippen LogP contribution >= 0.6 is 0 Å². The van der Waals surface area contributed by atoms with Crippen molar-refractivity contribution in [3.63, 3.8) is 0 Å². The first kappa shape index (κ1) is 19.2.